The molecule has 1 fully saturated rings. The van der Waals surface area contributed by atoms with E-state index in [0.717, 1.165) is 37.2 Å². The number of carbonyl (C=O) groups is 1. The summed E-state index contributed by atoms with van der Waals surface area (Å²) in [6.45, 7) is 7.94. The van der Waals surface area contributed by atoms with E-state index in [1.54, 1.807) is 0 Å². The summed E-state index contributed by atoms with van der Waals surface area (Å²) in [5.41, 5.74) is 1.19. The van der Waals surface area contributed by atoms with Crippen molar-refractivity contribution in [1.82, 2.24) is 24.6 Å². The fourth-order valence-electron chi connectivity index (χ4n) is 2.92. The molecule has 1 aromatic carbocycles. The van der Waals surface area contributed by atoms with E-state index in [1.807, 2.05) is 33.7 Å². The van der Waals surface area contributed by atoms with E-state index >= 15 is 0 Å². The topological polar surface area (TPSA) is 54.3 Å². The van der Waals surface area contributed by atoms with Crippen molar-refractivity contribution in [2.45, 2.75) is 18.1 Å². The van der Waals surface area contributed by atoms with Crippen LogP contribution in [0.3, 0.4) is 0 Å². The Morgan fingerprint density at radius 2 is 1.92 bits per heavy atom. The molecule has 3 rings (SSSR count). The lowest BCUT2D eigenvalue weighted by Gasteiger charge is -2.32. The minimum Gasteiger partial charge on any atom is -0.339 e. The number of amides is 1. The Kier molecular flexibility index (Phi) is 6.46. The number of rotatable bonds is 7. The highest BCUT2D eigenvalue weighted by atomic mass is 32.2. The summed E-state index contributed by atoms with van der Waals surface area (Å²) in [5.74, 6) is 1.45. The number of thioether (sulfide) groups is 1. The molecule has 7 heteroatoms. The van der Waals surface area contributed by atoms with E-state index in [1.165, 1.54) is 17.3 Å². The van der Waals surface area contributed by atoms with E-state index in [2.05, 4.69) is 40.9 Å². The van der Waals surface area contributed by atoms with Gasteiger partial charge in [0.25, 0.3) is 0 Å². The van der Waals surface area contributed by atoms with E-state index in [4.69, 9.17) is 0 Å². The Bertz CT molecular complexity index is 738. The van der Waals surface area contributed by atoms with E-state index in [9.17, 15) is 4.79 Å². The molecule has 1 aromatic heterocycles. The Morgan fingerprint density at radius 3 is 2.62 bits per heavy atom. The smallest absolute Gasteiger partial charge is 0.233 e. The van der Waals surface area contributed by atoms with Crippen LogP contribution < -0.4 is 0 Å². The van der Waals surface area contributed by atoms with Gasteiger partial charge in [0.2, 0.25) is 5.91 Å². The van der Waals surface area contributed by atoms with Gasteiger partial charge in [-0.05, 0) is 12.6 Å². The molecule has 26 heavy (non-hydrogen) atoms. The first-order chi connectivity index (χ1) is 12.7. The minimum atomic E-state index is 0.167. The quantitative estimate of drug-likeness (QED) is 0.550. The van der Waals surface area contributed by atoms with Crippen molar-refractivity contribution < 1.29 is 4.79 Å². The highest BCUT2D eigenvalue weighted by Gasteiger charge is 2.20. The van der Waals surface area contributed by atoms with Gasteiger partial charge in [-0.3, -0.25) is 4.79 Å². The van der Waals surface area contributed by atoms with Crippen LogP contribution in [-0.2, 0) is 17.8 Å². The molecule has 0 atom stereocenters. The van der Waals surface area contributed by atoms with Gasteiger partial charge in [-0.1, -0.05) is 48.2 Å². The average Bonchev–Trinajstić information content (AvgIpc) is 3.03. The predicted octanol–water partition coefficient (Wildman–Crippen LogP) is 1.92. The van der Waals surface area contributed by atoms with Crippen molar-refractivity contribution >= 4 is 17.7 Å². The molecule has 0 saturated carbocycles. The fourth-order valence-corrected chi connectivity index (χ4v) is 3.79. The van der Waals surface area contributed by atoms with Crippen LogP contribution in [0.4, 0.5) is 0 Å². The summed E-state index contributed by atoms with van der Waals surface area (Å²) < 4.78 is 2.04. The Labute approximate surface area is 158 Å². The molecular formula is C19H25N5OS. The van der Waals surface area contributed by atoms with Gasteiger partial charge in [0.05, 0.1) is 5.75 Å². The zero-order valence-electron chi connectivity index (χ0n) is 15.2. The van der Waals surface area contributed by atoms with Crippen molar-refractivity contribution in [2.24, 2.45) is 0 Å². The normalized spacial score (nSPS) is 15.2. The SMILES string of the molecule is C=CCn1c(Cc2ccccc2)nnc1SCC(=O)N1CCN(C)CC1. The number of hydrogen-bond acceptors (Lipinski definition) is 5. The second-order valence-electron chi connectivity index (χ2n) is 6.43. The highest BCUT2D eigenvalue weighted by Crippen LogP contribution is 2.20. The van der Waals surface area contributed by atoms with Crippen molar-refractivity contribution in [2.75, 3.05) is 39.0 Å². The van der Waals surface area contributed by atoms with Crippen molar-refractivity contribution in [3.63, 3.8) is 0 Å². The molecular weight excluding hydrogens is 346 g/mol. The average molecular weight is 372 g/mol. The summed E-state index contributed by atoms with van der Waals surface area (Å²) in [6.07, 6.45) is 2.55. The van der Waals surface area contributed by atoms with Crippen LogP contribution in [-0.4, -0.2) is 69.5 Å². The van der Waals surface area contributed by atoms with Gasteiger partial charge >= 0.3 is 0 Å². The third kappa shape index (κ3) is 4.74. The standard InChI is InChI=1S/C19H25N5OS/c1-3-9-24-17(14-16-7-5-4-6-8-16)20-21-19(24)26-15-18(25)23-12-10-22(2)11-13-23/h3-8H,1,9-15H2,2H3. The lowest BCUT2D eigenvalue weighted by Crippen LogP contribution is -2.47. The van der Waals surface area contributed by atoms with Crippen LogP contribution in [0.2, 0.25) is 0 Å². The number of likely N-dealkylation sites (N-methyl/N-ethyl adjacent to an activating group) is 1. The number of piperazine rings is 1. The van der Waals surface area contributed by atoms with Gasteiger partial charge in [0.15, 0.2) is 5.16 Å². The lowest BCUT2D eigenvalue weighted by molar-refractivity contribution is -0.129. The second kappa shape index (κ2) is 9.00. The maximum absolute atomic E-state index is 12.5. The lowest BCUT2D eigenvalue weighted by atomic mass is 10.1. The summed E-state index contributed by atoms with van der Waals surface area (Å²) in [6, 6.07) is 10.2. The summed E-state index contributed by atoms with van der Waals surface area (Å²) >= 11 is 1.46. The first-order valence-electron chi connectivity index (χ1n) is 8.83. The summed E-state index contributed by atoms with van der Waals surface area (Å²) in [7, 11) is 2.09. The first kappa shape index (κ1) is 18.7. The molecule has 2 heterocycles. The van der Waals surface area contributed by atoms with E-state index in [0.29, 0.717) is 18.7 Å². The molecule has 2 aromatic rings. The van der Waals surface area contributed by atoms with Gasteiger partial charge in [-0.15, -0.1) is 16.8 Å². The number of benzene rings is 1. The molecule has 0 radical (unpaired) electrons. The molecule has 0 spiro atoms. The maximum atomic E-state index is 12.5. The van der Waals surface area contributed by atoms with Crippen LogP contribution in [0, 0.1) is 0 Å². The van der Waals surface area contributed by atoms with Gasteiger partial charge in [0, 0.05) is 39.1 Å². The molecule has 0 unspecified atom stereocenters. The number of allylic oxidation sites excluding steroid dienone is 1. The van der Waals surface area contributed by atoms with Crippen LogP contribution in [0.5, 0.6) is 0 Å². The monoisotopic (exact) mass is 371 g/mol. The number of carbonyl (C=O) groups excluding carboxylic acids is 1. The summed E-state index contributed by atoms with van der Waals surface area (Å²) in [5, 5.41) is 9.43. The number of nitrogens with zero attached hydrogens (tertiary/aromatic N) is 5. The Balaban J connectivity index is 1.64. The molecule has 1 saturated heterocycles. The van der Waals surface area contributed by atoms with Gasteiger partial charge in [0.1, 0.15) is 5.82 Å². The molecule has 1 aliphatic rings. The molecule has 1 amide bonds. The van der Waals surface area contributed by atoms with Gasteiger partial charge in [-0.2, -0.15) is 0 Å². The minimum absolute atomic E-state index is 0.167. The Morgan fingerprint density at radius 1 is 1.19 bits per heavy atom. The van der Waals surface area contributed by atoms with Crippen LogP contribution in [0.25, 0.3) is 0 Å². The zero-order chi connectivity index (χ0) is 18.4. The molecule has 138 valence electrons. The predicted molar refractivity (Wildman–Crippen MR) is 104 cm³/mol. The van der Waals surface area contributed by atoms with E-state index in [-0.39, 0.29) is 5.91 Å². The molecule has 0 N–H and O–H groups in total. The van der Waals surface area contributed by atoms with Crippen molar-refractivity contribution in [3.05, 3.63) is 54.4 Å². The molecule has 0 aliphatic carbocycles. The van der Waals surface area contributed by atoms with Crippen molar-refractivity contribution in [3.8, 4) is 0 Å². The van der Waals surface area contributed by atoms with Crippen LogP contribution in [0.15, 0.2) is 48.1 Å². The first-order valence-corrected chi connectivity index (χ1v) is 9.82. The Hall–Kier alpha value is -2.12. The fraction of sp³-hybridized carbons (Fsp3) is 0.421. The molecule has 6 nitrogen and oxygen atoms in total. The highest BCUT2D eigenvalue weighted by molar-refractivity contribution is 7.99. The van der Waals surface area contributed by atoms with Crippen LogP contribution in [0.1, 0.15) is 11.4 Å². The third-order valence-electron chi connectivity index (χ3n) is 4.49. The third-order valence-corrected chi connectivity index (χ3v) is 5.44. The number of hydrogen-bond donors (Lipinski definition) is 0. The maximum Gasteiger partial charge on any atom is 0.233 e. The molecule has 0 bridgehead atoms. The van der Waals surface area contributed by atoms with E-state index < -0.39 is 0 Å². The van der Waals surface area contributed by atoms with Gasteiger partial charge < -0.3 is 14.4 Å². The molecule has 1 aliphatic heterocycles. The summed E-state index contributed by atoms with van der Waals surface area (Å²) in [4.78, 5) is 16.6. The second-order valence-corrected chi connectivity index (χ2v) is 7.38. The number of aromatic nitrogens is 3. The van der Waals surface area contributed by atoms with Crippen LogP contribution >= 0.6 is 11.8 Å². The van der Waals surface area contributed by atoms with Gasteiger partial charge in [-0.25, -0.2) is 0 Å². The largest absolute Gasteiger partial charge is 0.339 e. The zero-order valence-corrected chi connectivity index (χ0v) is 16.0. The van der Waals surface area contributed by atoms with Crippen molar-refractivity contribution in [1.29, 1.82) is 0 Å².